The third-order valence-electron chi connectivity index (χ3n) is 7.84. The Balaban J connectivity index is 1.75. The number of nitrogens with one attached hydrogen (secondary N) is 1. The van der Waals surface area contributed by atoms with Crippen molar-refractivity contribution >= 4 is 11.7 Å². The van der Waals surface area contributed by atoms with Crippen molar-refractivity contribution in [2.24, 2.45) is 0 Å². The van der Waals surface area contributed by atoms with Gasteiger partial charge >= 0.3 is 5.97 Å². The topological polar surface area (TPSA) is 95.5 Å². The zero-order valence-electron chi connectivity index (χ0n) is 22.5. The highest BCUT2D eigenvalue weighted by molar-refractivity contribution is 5.84. The lowest BCUT2D eigenvalue weighted by Crippen LogP contribution is -2.50. The molecule has 2 aromatic carbocycles. The van der Waals surface area contributed by atoms with Crippen LogP contribution in [0, 0.1) is 13.8 Å². The first-order valence-corrected chi connectivity index (χ1v) is 12.9. The van der Waals surface area contributed by atoms with Crippen molar-refractivity contribution in [3.63, 3.8) is 0 Å². The van der Waals surface area contributed by atoms with E-state index in [4.69, 9.17) is 23.7 Å². The van der Waals surface area contributed by atoms with Crippen LogP contribution in [0.4, 0.5) is 5.69 Å². The maximum absolute atomic E-state index is 12.3. The van der Waals surface area contributed by atoms with Gasteiger partial charge in [0.2, 0.25) is 0 Å². The van der Waals surface area contributed by atoms with Crippen molar-refractivity contribution in [2.45, 2.75) is 70.3 Å². The van der Waals surface area contributed by atoms with Gasteiger partial charge < -0.3 is 34.1 Å². The van der Waals surface area contributed by atoms with Crippen LogP contribution in [0.3, 0.4) is 0 Å². The second-order valence-corrected chi connectivity index (χ2v) is 9.96. The molecule has 1 aliphatic carbocycles. The Morgan fingerprint density at radius 2 is 1.76 bits per heavy atom. The zero-order chi connectivity index (χ0) is 26.6. The fraction of sp³-hybridized carbons (Fsp3) is 0.552. The number of ether oxygens (including phenoxy) is 5. The highest BCUT2D eigenvalue weighted by atomic mass is 16.5. The number of benzene rings is 2. The van der Waals surface area contributed by atoms with E-state index in [1.165, 1.54) is 0 Å². The van der Waals surface area contributed by atoms with Crippen molar-refractivity contribution in [3.05, 3.63) is 41.0 Å². The van der Waals surface area contributed by atoms with E-state index >= 15 is 0 Å². The van der Waals surface area contributed by atoms with Crippen molar-refractivity contribution < 1.29 is 33.6 Å². The summed E-state index contributed by atoms with van der Waals surface area (Å²) in [4.78, 5) is 12.3. The lowest BCUT2D eigenvalue weighted by atomic mass is 9.89. The summed E-state index contributed by atoms with van der Waals surface area (Å²) in [6, 6.07) is 7.99. The number of hydrogen-bond donors (Lipinski definition) is 2. The SMILES string of the molecule is COc1cc(-c2ccc(NC3(C(=O)O)CCOCC3)cc2CO[C@@H]2CCC[C@H]2OC)c(C)c(OC)c1C. The van der Waals surface area contributed by atoms with Crippen molar-refractivity contribution in [1.29, 1.82) is 0 Å². The fourth-order valence-corrected chi connectivity index (χ4v) is 5.65. The van der Waals surface area contributed by atoms with Gasteiger partial charge in [-0.3, -0.25) is 0 Å². The molecule has 1 saturated heterocycles. The maximum atomic E-state index is 12.3. The largest absolute Gasteiger partial charge is 0.496 e. The summed E-state index contributed by atoms with van der Waals surface area (Å²) in [5, 5.41) is 13.4. The summed E-state index contributed by atoms with van der Waals surface area (Å²) in [6.45, 7) is 5.22. The van der Waals surface area contributed by atoms with Gasteiger partial charge in [-0.2, -0.15) is 0 Å². The molecule has 2 atom stereocenters. The molecule has 1 heterocycles. The van der Waals surface area contributed by atoms with Crippen molar-refractivity contribution in [1.82, 2.24) is 0 Å². The Bertz CT molecular complexity index is 1110. The number of aliphatic carboxylic acids is 1. The Morgan fingerprint density at radius 1 is 1.03 bits per heavy atom. The summed E-state index contributed by atoms with van der Waals surface area (Å²) in [7, 11) is 5.05. The Morgan fingerprint density at radius 3 is 2.41 bits per heavy atom. The van der Waals surface area contributed by atoms with Crippen LogP contribution in [0.2, 0.25) is 0 Å². The molecule has 0 bridgehead atoms. The molecule has 8 heteroatoms. The Labute approximate surface area is 219 Å². The molecule has 0 unspecified atom stereocenters. The maximum Gasteiger partial charge on any atom is 0.329 e. The molecule has 2 N–H and O–H groups in total. The average Bonchev–Trinajstić information content (AvgIpc) is 3.36. The molecule has 0 radical (unpaired) electrons. The van der Waals surface area contributed by atoms with Crippen LogP contribution >= 0.6 is 0 Å². The van der Waals surface area contributed by atoms with Gasteiger partial charge in [-0.1, -0.05) is 6.07 Å². The van der Waals surface area contributed by atoms with Crippen LogP contribution in [-0.2, 0) is 25.6 Å². The van der Waals surface area contributed by atoms with Crippen LogP contribution < -0.4 is 14.8 Å². The summed E-state index contributed by atoms with van der Waals surface area (Å²) in [5.41, 5.74) is 4.56. The van der Waals surface area contributed by atoms with E-state index in [0.29, 0.717) is 32.7 Å². The number of methoxy groups -OCH3 is 3. The number of carboxylic acids is 1. The smallest absolute Gasteiger partial charge is 0.329 e. The van der Waals surface area contributed by atoms with E-state index in [-0.39, 0.29) is 12.2 Å². The predicted molar refractivity (Wildman–Crippen MR) is 142 cm³/mol. The first-order chi connectivity index (χ1) is 17.8. The molecule has 0 aromatic heterocycles. The van der Waals surface area contributed by atoms with Crippen LogP contribution in [-0.4, -0.2) is 63.4 Å². The fourth-order valence-electron chi connectivity index (χ4n) is 5.65. The molecular weight excluding hydrogens is 474 g/mol. The zero-order valence-corrected chi connectivity index (χ0v) is 22.5. The van der Waals surface area contributed by atoms with E-state index in [1.807, 2.05) is 38.1 Å². The minimum Gasteiger partial charge on any atom is -0.496 e. The minimum atomic E-state index is -1.06. The normalized spacial score (nSPS) is 21.0. The van der Waals surface area contributed by atoms with Crippen molar-refractivity contribution in [2.75, 3.05) is 39.9 Å². The van der Waals surface area contributed by atoms with E-state index in [1.54, 1.807) is 21.3 Å². The summed E-state index contributed by atoms with van der Waals surface area (Å²) in [6.07, 6.45) is 3.94. The molecule has 1 saturated carbocycles. The molecule has 4 rings (SSSR count). The third-order valence-corrected chi connectivity index (χ3v) is 7.84. The third kappa shape index (κ3) is 5.56. The number of hydrogen-bond acceptors (Lipinski definition) is 7. The molecular formula is C29H39NO7. The molecule has 202 valence electrons. The lowest BCUT2D eigenvalue weighted by molar-refractivity contribution is -0.145. The van der Waals surface area contributed by atoms with Crippen LogP contribution in [0.25, 0.3) is 11.1 Å². The van der Waals surface area contributed by atoms with Gasteiger partial charge in [0.15, 0.2) is 0 Å². The standard InChI is InChI=1S/C29H39NO7/c1-18-23(16-26(34-4)19(2)27(18)35-5)22-10-9-21(30-29(28(31)32)11-13-36-14-12-29)15-20(22)17-37-25-8-6-7-24(25)33-3/h9-10,15-16,24-25,30H,6-8,11-14,17H2,1-5H3,(H,31,32)/t24-,25-/m1/s1. The molecule has 2 aliphatic rings. The molecule has 37 heavy (non-hydrogen) atoms. The summed E-state index contributed by atoms with van der Waals surface area (Å²) >= 11 is 0. The average molecular weight is 514 g/mol. The molecule has 2 fully saturated rings. The van der Waals surface area contributed by atoms with Crippen LogP contribution in [0.5, 0.6) is 11.5 Å². The minimum absolute atomic E-state index is 0.0264. The molecule has 0 spiro atoms. The lowest BCUT2D eigenvalue weighted by Gasteiger charge is -2.35. The Hall–Kier alpha value is -2.81. The summed E-state index contributed by atoms with van der Waals surface area (Å²) < 4.78 is 28.9. The van der Waals surface area contributed by atoms with Gasteiger partial charge in [-0.05, 0) is 73.6 Å². The number of rotatable bonds is 10. The van der Waals surface area contributed by atoms with E-state index in [0.717, 1.165) is 64.3 Å². The molecule has 1 aliphatic heterocycles. The van der Waals surface area contributed by atoms with Crippen molar-refractivity contribution in [3.8, 4) is 22.6 Å². The summed E-state index contributed by atoms with van der Waals surface area (Å²) in [5.74, 6) is 0.662. The van der Waals surface area contributed by atoms with Gasteiger partial charge in [0.25, 0.3) is 0 Å². The van der Waals surface area contributed by atoms with E-state index < -0.39 is 11.5 Å². The van der Waals surface area contributed by atoms with Crippen LogP contribution in [0.1, 0.15) is 48.8 Å². The van der Waals surface area contributed by atoms with Gasteiger partial charge in [0.05, 0.1) is 33.0 Å². The van der Waals surface area contributed by atoms with Gasteiger partial charge in [0, 0.05) is 44.4 Å². The van der Waals surface area contributed by atoms with E-state index in [9.17, 15) is 9.90 Å². The first-order valence-electron chi connectivity index (χ1n) is 12.9. The monoisotopic (exact) mass is 513 g/mol. The van der Waals surface area contributed by atoms with Crippen LogP contribution in [0.15, 0.2) is 24.3 Å². The molecule has 0 amide bonds. The Kier molecular flexibility index (Phi) is 8.62. The van der Waals surface area contributed by atoms with Gasteiger partial charge in [0.1, 0.15) is 17.0 Å². The van der Waals surface area contributed by atoms with Gasteiger partial charge in [-0.15, -0.1) is 0 Å². The second-order valence-electron chi connectivity index (χ2n) is 9.96. The second kappa shape index (κ2) is 11.7. The first kappa shape index (κ1) is 27.2. The number of carboxylic acid groups (broad SMARTS) is 1. The van der Waals surface area contributed by atoms with Gasteiger partial charge in [-0.25, -0.2) is 4.79 Å². The highest BCUT2D eigenvalue weighted by Crippen LogP contribution is 2.41. The predicted octanol–water partition coefficient (Wildman–Crippen LogP) is 5.12. The number of carbonyl (C=O) groups is 1. The van der Waals surface area contributed by atoms with E-state index in [2.05, 4.69) is 5.32 Å². The quantitative estimate of drug-likeness (QED) is 0.452. The molecule has 8 nitrogen and oxygen atoms in total. The molecule has 2 aromatic rings. The highest BCUT2D eigenvalue weighted by Gasteiger charge is 2.40. The number of anilines is 1.